The van der Waals surface area contributed by atoms with Crippen molar-refractivity contribution in [2.75, 3.05) is 11.9 Å². The number of nitrogens with one attached hydrogen (secondary N) is 2. The number of aryl methyl sites for hydroxylation is 1. The molecule has 1 aliphatic carbocycles. The molecule has 0 saturated carbocycles. The van der Waals surface area contributed by atoms with E-state index in [1.807, 2.05) is 10.9 Å². The molecule has 134 valence electrons. The first kappa shape index (κ1) is 17.3. The molecule has 1 aromatic heterocycles. The molecule has 0 aliphatic heterocycles. The number of anilines is 1. The van der Waals surface area contributed by atoms with Crippen LogP contribution in [0.3, 0.4) is 0 Å². The molecule has 8 heteroatoms. The van der Waals surface area contributed by atoms with E-state index in [9.17, 15) is 18.0 Å². The highest BCUT2D eigenvalue weighted by Crippen LogP contribution is 2.29. The Morgan fingerprint density at radius 3 is 2.60 bits per heavy atom. The molecule has 0 spiro atoms. The lowest BCUT2D eigenvalue weighted by Crippen LogP contribution is -2.32. The summed E-state index contributed by atoms with van der Waals surface area (Å²) in [5.74, 6) is 0. The van der Waals surface area contributed by atoms with E-state index in [4.69, 9.17) is 0 Å². The molecule has 1 heterocycles. The molecule has 3 rings (SSSR count). The number of alkyl halides is 3. The highest BCUT2D eigenvalue weighted by molar-refractivity contribution is 5.89. The maximum atomic E-state index is 12.5. The summed E-state index contributed by atoms with van der Waals surface area (Å²) in [5.41, 5.74) is 2.07. The van der Waals surface area contributed by atoms with Gasteiger partial charge in [-0.05, 0) is 55.5 Å². The molecule has 0 fully saturated rings. The summed E-state index contributed by atoms with van der Waals surface area (Å²) in [5, 5.41) is 9.55. The number of carbonyl (C=O) groups is 1. The fourth-order valence-electron chi connectivity index (χ4n) is 2.94. The third-order valence-electron chi connectivity index (χ3n) is 4.22. The fourth-order valence-corrected chi connectivity index (χ4v) is 2.94. The quantitative estimate of drug-likeness (QED) is 0.883. The van der Waals surface area contributed by atoms with Crippen molar-refractivity contribution in [2.45, 2.75) is 38.4 Å². The summed E-state index contributed by atoms with van der Waals surface area (Å²) in [6.07, 6.45) is 1.90. The number of rotatable bonds is 4. The minimum Gasteiger partial charge on any atom is -0.336 e. The number of halogens is 3. The average Bonchev–Trinajstić information content (AvgIpc) is 2.98. The average molecular weight is 352 g/mol. The lowest BCUT2D eigenvalue weighted by molar-refractivity contribution is -0.137. The van der Waals surface area contributed by atoms with E-state index < -0.39 is 17.8 Å². The Morgan fingerprint density at radius 1 is 1.16 bits per heavy atom. The van der Waals surface area contributed by atoms with Crippen molar-refractivity contribution in [1.82, 2.24) is 15.1 Å². The summed E-state index contributed by atoms with van der Waals surface area (Å²) < 4.78 is 39.4. The largest absolute Gasteiger partial charge is 0.416 e. The third-order valence-corrected chi connectivity index (χ3v) is 4.22. The Hall–Kier alpha value is -2.51. The van der Waals surface area contributed by atoms with Gasteiger partial charge in [0.25, 0.3) is 0 Å². The van der Waals surface area contributed by atoms with Crippen molar-refractivity contribution < 1.29 is 18.0 Å². The van der Waals surface area contributed by atoms with Gasteiger partial charge in [0.05, 0.1) is 18.3 Å². The molecule has 0 bridgehead atoms. The van der Waals surface area contributed by atoms with Crippen LogP contribution in [0.5, 0.6) is 0 Å². The van der Waals surface area contributed by atoms with Crippen LogP contribution in [0.4, 0.5) is 23.7 Å². The zero-order chi connectivity index (χ0) is 17.9. The Labute approximate surface area is 143 Å². The zero-order valence-corrected chi connectivity index (χ0v) is 13.6. The van der Waals surface area contributed by atoms with Gasteiger partial charge in [0.15, 0.2) is 0 Å². The molecule has 0 unspecified atom stereocenters. The van der Waals surface area contributed by atoms with Crippen molar-refractivity contribution in [3.63, 3.8) is 0 Å². The van der Waals surface area contributed by atoms with E-state index in [-0.39, 0.29) is 0 Å². The van der Waals surface area contributed by atoms with Gasteiger partial charge in [-0.3, -0.25) is 4.68 Å². The minimum atomic E-state index is -4.39. The van der Waals surface area contributed by atoms with Crippen LogP contribution in [-0.4, -0.2) is 22.4 Å². The third kappa shape index (κ3) is 4.32. The minimum absolute atomic E-state index is 0.307. The van der Waals surface area contributed by atoms with Crippen LogP contribution in [0.1, 0.15) is 29.7 Å². The Kier molecular flexibility index (Phi) is 4.96. The monoisotopic (exact) mass is 352 g/mol. The van der Waals surface area contributed by atoms with Gasteiger partial charge >= 0.3 is 12.2 Å². The van der Waals surface area contributed by atoms with E-state index in [0.717, 1.165) is 31.4 Å². The molecule has 0 radical (unpaired) electrons. The molecular formula is C17H19F3N4O. The van der Waals surface area contributed by atoms with Gasteiger partial charge in [-0.15, -0.1) is 0 Å². The maximum absolute atomic E-state index is 12.5. The number of fused-ring (bicyclic) bond motifs is 1. The standard InChI is InChI=1S/C17H19F3N4O/c18-17(19,20)13-5-7-14(8-6-13)23-16(25)21-9-10-24-15-4-2-1-3-12(15)11-22-24/h5-8,11H,1-4,9-10H2,(H2,21,23,25). The van der Waals surface area contributed by atoms with Crippen molar-refractivity contribution in [3.8, 4) is 0 Å². The van der Waals surface area contributed by atoms with Gasteiger partial charge < -0.3 is 10.6 Å². The second-order valence-corrected chi connectivity index (χ2v) is 6.00. The summed E-state index contributed by atoms with van der Waals surface area (Å²) >= 11 is 0. The Morgan fingerprint density at radius 2 is 1.88 bits per heavy atom. The van der Waals surface area contributed by atoms with Crippen LogP contribution in [0.15, 0.2) is 30.5 Å². The van der Waals surface area contributed by atoms with Crippen molar-refractivity contribution in [3.05, 3.63) is 47.3 Å². The van der Waals surface area contributed by atoms with Crippen LogP contribution in [0.25, 0.3) is 0 Å². The second-order valence-electron chi connectivity index (χ2n) is 6.00. The number of carbonyl (C=O) groups excluding carboxylic acids is 1. The topological polar surface area (TPSA) is 59.0 Å². The smallest absolute Gasteiger partial charge is 0.336 e. The first-order chi connectivity index (χ1) is 11.9. The SMILES string of the molecule is O=C(NCCn1ncc2c1CCCC2)Nc1ccc(C(F)(F)F)cc1. The number of urea groups is 1. The van der Waals surface area contributed by atoms with Crippen LogP contribution in [0, 0.1) is 0 Å². The predicted octanol–water partition coefficient (Wildman–Crippen LogP) is 3.60. The molecule has 2 aromatic rings. The Bertz CT molecular complexity index is 737. The summed E-state index contributed by atoms with van der Waals surface area (Å²) in [4.78, 5) is 11.8. The number of nitrogens with zero attached hydrogens (tertiary/aromatic N) is 2. The molecule has 5 nitrogen and oxygen atoms in total. The van der Waals surface area contributed by atoms with Gasteiger partial charge in [0.1, 0.15) is 0 Å². The number of hydrogen-bond donors (Lipinski definition) is 2. The molecule has 25 heavy (non-hydrogen) atoms. The van der Waals surface area contributed by atoms with Crippen LogP contribution >= 0.6 is 0 Å². The molecule has 0 saturated heterocycles. The van der Waals surface area contributed by atoms with Crippen LogP contribution in [0.2, 0.25) is 0 Å². The van der Waals surface area contributed by atoms with Crippen LogP contribution in [-0.2, 0) is 25.6 Å². The predicted molar refractivity (Wildman–Crippen MR) is 87.3 cm³/mol. The number of aromatic nitrogens is 2. The van der Waals surface area contributed by atoms with Crippen LogP contribution < -0.4 is 10.6 Å². The summed E-state index contributed by atoms with van der Waals surface area (Å²) in [6, 6.07) is 3.87. The fraction of sp³-hybridized carbons (Fsp3) is 0.412. The summed E-state index contributed by atoms with van der Waals surface area (Å²) in [7, 11) is 0. The van der Waals surface area contributed by atoms with E-state index in [0.29, 0.717) is 18.8 Å². The second kappa shape index (κ2) is 7.16. The molecule has 1 aliphatic rings. The molecular weight excluding hydrogens is 333 g/mol. The first-order valence-corrected chi connectivity index (χ1v) is 8.19. The van der Waals surface area contributed by atoms with E-state index >= 15 is 0 Å². The van der Waals surface area contributed by atoms with E-state index in [2.05, 4.69) is 15.7 Å². The number of hydrogen-bond acceptors (Lipinski definition) is 2. The zero-order valence-electron chi connectivity index (χ0n) is 13.6. The molecule has 2 N–H and O–H groups in total. The van der Waals surface area contributed by atoms with Gasteiger partial charge in [-0.1, -0.05) is 0 Å². The lowest BCUT2D eigenvalue weighted by Gasteiger charge is -2.14. The highest BCUT2D eigenvalue weighted by Gasteiger charge is 2.29. The molecule has 2 amide bonds. The van der Waals surface area contributed by atoms with Gasteiger partial charge in [0.2, 0.25) is 0 Å². The maximum Gasteiger partial charge on any atom is 0.416 e. The Balaban J connectivity index is 1.47. The molecule has 1 aromatic carbocycles. The highest BCUT2D eigenvalue weighted by atomic mass is 19.4. The van der Waals surface area contributed by atoms with Gasteiger partial charge in [-0.25, -0.2) is 4.79 Å². The lowest BCUT2D eigenvalue weighted by atomic mass is 9.98. The van der Waals surface area contributed by atoms with E-state index in [1.165, 1.54) is 29.8 Å². The van der Waals surface area contributed by atoms with Crippen molar-refractivity contribution >= 4 is 11.7 Å². The summed E-state index contributed by atoms with van der Waals surface area (Å²) in [6.45, 7) is 0.955. The van der Waals surface area contributed by atoms with E-state index in [1.54, 1.807) is 0 Å². The number of amides is 2. The first-order valence-electron chi connectivity index (χ1n) is 8.19. The normalized spacial score (nSPS) is 14.0. The van der Waals surface area contributed by atoms with Gasteiger partial charge in [0, 0.05) is 17.9 Å². The molecule has 0 atom stereocenters. The van der Waals surface area contributed by atoms with Gasteiger partial charge in [-0.2, -0.15) is 18.3 Å². The van der Waals surface area contributed by atoms with Crippen molar-refractivity contribution in [1.29, 1.82) is 0 Å². The number of benzene rings is 1. The van der Waals surface area contributed by atoms with Crippen molar-refractivity contribution in [2.24, 2.45) is 0 Å².